The molecule has 1 rings (SSSR count). The Morgan fingerprint density at radius 3 is 2.79 bits per heavy atom. The standard InChI is InChI=1S/C11H16FNO/c1-14-8-10-4-5-11(12)7-9(10)3-2-6-13/h4-5,7H,2-3,6,8,13H2,1H3. The van der Waals surface area contributed by atoms with Crippen molar-refractivity contribution in [3.8, 4) is 0 Å². The molecule has 3 heteroatoms. The van der Waals surface area contributed by atoms with Gasteiger partial charge in [0, 0.05) is 7.11 Å². The summed E-state index contributed by atoms with van der Waals surface area (Å²) in [7, 11) is 1.63. The van der Waals surface area contributed by atoms with Crippen LogP contribution in [0.3, 0.4) is 0 Å². The van der Waals surface area contributed by atoms with E-state index in [1.807, 2.05) is 0 Å². The second kappa shape index (κ2) is 5.73. The summed E-state index contributed by atoms with van der Waals surface area (Å²) in [6.45, 7) is 1.16. The lowest BCUT2D eigenvalue weighted by Crippen LogP contribution is -2.03. The third-order valence-electron chi connectivity index (χ3n) is 2.12. The van der Waals surface area contributed by atoms with Crippen molar-refractivity contribution >= 4 is 0 Å². The molecule has 14 heavy (non-hydrogen) atoms. The molecule has 1 aromatic carbocycles. The first kappa shape index (κ1) is 11.1. The number of methoxy groups -OCH3 is 1. The number of aryl methyl sites for hydroxylation is 1. The fraction of sp³-hybridized carbons (Fsp3) is 0.455. The Balaban J connectivity index is 2.79. The third kappa shape index (κ3) is 3.09. The molecule has 0 heterocycles. The molecule has 0 aliphatic heterocycles. The van der Waals surface area contributed by atoms with Gasteiger partial charge in [-0.1, -0.05) is 6.07 Å². The van der Waals surface area contributed by atoms with Gasteiger partial charge in [-0.05, 0) is 42.6 Å². The lowest BCUT2D eigenvalue weighted by Gasteiger charge is -2.08. The summed E-state index contributed by atoms with van der Waals surface area (Å²) in [6, 6.07) is 4.79. The SMILES string of the molecule is COCc1ccc(F)cc1CCCN. The van der Waals surface area contributed by atoms with Gasteiger partial charge in [0.15, 0.2) is 0 Å². The molecule has 0 aliphatic rings. The Labute approximate surface area is 83.9 Å². The van der Waals surface area contributed by atoms with E-state index in [4.69, 9.17) is 10.5 Å². The average Bonchev–Trinajstić information content (AvgIpc) is 2.18. The molecule has 0 saturated heterocycles. The minimum atomic E-state index is -0.197. The molecule has 0 aliphatic carbocycles. The highest BCUT2D eigenvalue weighted by Crippen LogP contribution is 2.14. The summed E-state index contributed by atoms with van der Waals surface area (Å²) in [5.74, 6) is -0.197. The molecule has 0 unspecified atom stereocenters. The lowest BCUT2D eigenvalue weighted by atomic mass is 10.0. The van der Waals surface area contributed by atoms with Gasteiger partial charge < -0.3 is 10.5 Å². The van der Waals surface area contributed by atoms with Gasteiger partial charge in [-0.2, -0.15) is 0 Å². The number of rotatable bonds is 5. The van der Waals surface area contributed by atoms with Gasteiger partial charge in [-0.3, -0.25) is 0 Å². The van der Waals surface area contributed by atoms with E-state index in [0.29, 0.717) is 13.2 Å². The maximum absolute atomic E-state index is 12.9. The molecule has 0 bridgehead atoms. The van der Waals surface area contributed by atoms with Crippen LogP contribution < -0.4 is 5.73 Å². The maximum Gasteiger partial charge on any atom is 0.123 e. The first-order valence-electron chi connectivity index (χ1n) is 4.74. The normalized spacial score (nSPS) is 10.5. The molecule has 1 aromatic rings. The van der Waals surface area contributed by atoms with Crippen LogP contribution in [0.2, 0.25) is 0 Å². The first-order chi connectivity index (χ1) is 6.77. The Morgan fingerprint density at radius 2 is 2.14 bits per heavy atom. The highest BCUT2D eigenvalue weighted by atomic mass is 19.1. The van der Waals surface area contributed by atoms with Crippen LogP contribution >= 0.6 is 0 Å². The topological polar surface area (TPSA) is 35.2 Å². The Hall–Kier alpha value is -0.930. The molecule has 0 spiro atoms. The van der Waals surface area contributed by atoms with Gasteiger partial charge >= 0.3 is 0 Å². The van der Waals surface area contributed by atoms with Crippen molar-refractivity contribution in [1.82, 2.24) is 0 Å². The van der Waals surface area contributed by atoms with Crippen LogP contribution in [0.25, 0.3) is 0 Å². The summed E-state index contributed by atoms with van der Waals surface area (Å²) in [5.41, 5.74) is 7.45. The monoisotopic (exact) mass is 197 g/mol. The minimum Gasteiger partial charge on any atom is -0.380 e. The Morgan fingerprint density at radius 1 is 1.36 bits per heavy atom. The van der Waals surface area contributed by atoms with Gasteiger partial charge in [0.1, 0.15) is 5.82 Å². The lowest BCUT2D eigenvalue weighted by molar-refractivity contribution is 0.184. The number of hydrogen-bond donors (Lipinski definition) is 1. The second-order valence-corrected chi connectivity index (χ2v) is 3.24. The van der Waals surface area contributed by atoms with Crippen molar-refractivity contribution < 1.29 is 9.13 Å². The number of ether oxygens (including phenoxy) is 1. The van der Waals surface area contributed by atoms with Gasteiger partial charge in [-0.25, -0.2) is 4.39 Å². The molecule has 78 valence electrons. The molecule has 0 saturated carbocycles. The quantitative estimate of drug-likeness (QED) is 0.782. The third-order valence-corrected chi connectivity index (χ3v) is 2.12. The van der Waals surface area contributed by atoms with Crippen LogP contribution in [0.15, 0.2) is 18.2 Å². The molecule has 2 N–H and O–H groups in total. The number of hydrogen-bond acceptors (Lipinski definition) is 2. The molecular weight excluding hydrogens is 181 g/mol. The van der Waals surface area contributed by atoms with Crippen LogP contribution in [0.5, 0.6) is 0 Å². The van der Waals surface area contributed by atoms with Gasteiger partial charge in [0.05, 0.1) is 6.61 Å². The second-order valence-electron chi connectivity index (χ2n) is 3.24. The molecular formula is C11H16FNO. The zero-order chi connectivity index (χ0) is 10.4. The van der Waals surface area contributed by atoms with E-state index in [0.717, 1.165) is 24.0 Å². The summed E-state index contributed by atoms with van der Waals surface area (Å²) in [5, 5.41) is 0. The fourth-order valence-corrected chi connectivity index (χ4v) is 1.42. The first-order valence-corrected chi connectivity index (χ1v) is 4.74. The number of benzene rings is 1. The highest BCUT2D eigenvalue weighted by molar-refractivity contribution is 5.27. The zero-order valence-corrected chi connectivity index (χ0v) is 8.42. The highest BCUT2D eigenvalue weighted by Gasteiger charge is 2.03. The Kier molecular flexibility index (Phi) is 4.56. The summed E-state index contributed by atoms with van der Waals surface area (Å²) >= 11 is 0. The summed E-state index contributed by atoms with van der Waals surface area (Å²) < 4.78 is 18.0. The van der Waals surface area contributed by atoms with E-state index < -0.39 is 0 Å². The van der Waals surface area contributed by atoms with Crippen molar-refractivity contribution in [2.75, 3.05) is 13.7 Å². The van der Waals surface area contributed by atoms with Crippen molar-refractivity contribution in [1.29, 1.82) is 0 Å². The zero-order valence-electron chi connectivity index (χ0n) is 8.42. The van der Waals surface area contributed by atoms with Crippen molar-refractivity contribution in [2.45, 2.75) is 19.4 Å². The van der Waals surface area contributed by atoms with E-state index in [9.17, 15) is 4.39 Å². The molecule has 0 amide bonds. The van der Waals surface area contributed by atoms with Crippen molar-refractivity contribution in [3.05, 3.63) is 35.1 Å². The van der Waals surface area contributed by atoms with E-state index in [1.54, 1.807) is 19.2 Å². The smallest absolute Gasteiger partial charge is 0.123 e. The van der Waals surface area contributed by atoms with Crippen LogP contribution in [-0.4, -0.2) is 13.7 Å². The largest absolute Gasteiger partial charge is 0.380 e. The van der Waals surface area contributed by atoms with E-state index in [1.165, 1.54) is 6.07 Å². The van der Waals surface area contributed by atoms with Crippen LogP contribution in [0, 0.1) is 5.82 Å². The minimum absolute atomic E-state index is 0.197. The fourth-order valence-electron chi connectivity index (χ4n) is 1.42. The molecule has 0 fully saturated rings. The van der Waals surface area contributed by atoms with Crippen molar-refractivity contribution in [2.24, 2.45) is 5.73 Å². The van der Waals surface area contributed by atoms with Gasteiger partial charge in [-0.15, -0.1) is 0 Å². The number of halogens is 1. The molecule has 0 atom stereocenters. The summed E-state index contributed by atoms with van der Waals surface area (Å²) in [4.78, 5) is 0. The van der Waals surface area contributed by atoms with Crippen molar-refractivity contribution in [3.63, 3.8) is 0 Å². The maximum atomic E-state index is 12.9. The molecule has 0 radical (unpaired) electrons. The average molecular weight is 197 g/mol. The molecule has 0 aromatic heterocycles. The van der Waals surface area contributed by atoms with Crippen LogP contribution in [0.1, 0.15) is 17.5 Å². The van der Waals surface area contributed by atoms with E-state index >= 15 is 0 Å². The molecule has 2 nitrogen and oxygen atoms in total. The predicted octanol–water partition coefficient (Wildman–Crippen LogP) is 1.86. The van der Waals surface area contributed by atoms with Crippen LogP contribution in [-0.2, 0) is 17.8 Å². The van der Waals surface area contributed by atoms with Gasteiger partial charge in [0.2, 0.25) is 0 Å². The van der Waals surface area contributed by atoms with E-state index in [-0.39, 0.29) is 5.82 Å². The van der Waals surface area contributed by atoms with E-state index in [2.05, 4.69) is 0 Å². The summed E-state index contributed by atoms with van der Waals surface area (Å²) in [6.07, 6.45) is 1.69. The predicted molar refractivity (Wildman–Crippen MR) is 54.5 cm³/mol. The van der Waals surface area contributed by atoms with Crippen LogP contribution in [0.4, 0.5) is 4.39 Å². The Bertz CT molecular complexity index is 289. The number of nitrogens with two attached hydrogens (primary N) is 1. The van der Waals surface area contributed by atoms with Gasteiger partial charge in [0.25, 0.3) is 0 Å².